The highest BCUT2D eigenvalue weighted by molar-refractivity contribution is 5.75. The molecule has 2 aromatic rings. The molecule has 0 spiro atoms. The Hall–Kier alpha value is -2.89. The fourth-order valence-corrected chi connectivity index (χ4v) is 3.44. The van der Waals surface area contributed by atoms with E-state index in [1.807, 2.05) is 43.3 Å². The summed E-state index contributed by atoms with van der Waals surface area (Å²) in [5, 5.41) is 6.09. The molecule has 2 atom stereocenters. The van der Waals surface area contributed by atoms with Crippen LogP contribution in [-0.4, -0.2) is 32.0 Å². The van der Waals surface area contributed by atoms with E-state index in [0.717, 1.165) is 36.6 Å². The van der Waals surface area contributed by atoms with Crippen LogP contribution in [-0.2, 0) is 0 Å². The van der Waals surface area contributed by atoms with E-state index in [1.54, 1.807) is 0 Å². The van der Waals surface area contributed by atoms with E-state index in [2.05, 4.69) is 27.7 Å². The highest BCUT2D eigenvalue weighted by Crippen LogP contribution is 2.34. The highest BCUT2D eigenvalue weighted by Gasteiger charge is 2.24. The number of amides is 2. The van der Waals surface area contributed by atoms with Crippen molar-refractivity contribution in [1.29, 1.82) is 0 Å². The van der Waals surface area contributed by atoms with Gasteiger partial charge in [0, 0.05) is 24.8 Å². The number of para-hydroxylation sites is 1. The lowest BCUT2D eigenvalue weighted by Gasteiger charge is -2.20. The van der Waals surface area contributed by atoms with Crippen LogP contribution in [0.25, 0.3) is 0 Å². The van der Waals surface area contributed by atoms with E-state index in [1.165, 1.54) is 5.69 Å². The third-order valence-electron chi connectivity index (χ3n) is 4.89. The van der Waals surface area contributed by atoms with Gasteiger partial charge in [0.1, 0.15) is 0 Å². The first-order valence-corrected chi connectivity index (χ1v) is 8.95. The van der Waals surface area contributed by atoms with Crippen molar-refractivity contribution < 1.29 is 14.3 Å². The number of urea groups is 1. The summed E-state index contributed by atoms with van der Waals surface area (Å²) in [6, 6.07) is 15.9. The van der Waals surface area contributed by atoms with Crippen LogP contribution < -0.4 is 25.0 Å². The fraction of sp³-hybridized carbons (Fsp3) is 0.350. The molecule has 2 unspecified atom stereocenters. The lowest BCUT2D eigenvalue weighted by molar-refractivity contribution is 0.174. The Balaban J connectivity index is 1.30. The second-order valence-electron chi connectivity index (χ2n) is 6.72. The molecule has 2 aliphatic rings. The first kappa shape index (κ1) is 16.6. The maximum absolute atomic E-state index is 12.4. The molecular weight excluding hydrogens is 330 g/mol. The molecule has 2 amide bonds. The Kier molecular flexibility index (Phi) is 4.56. The molecular formula is C20H23N3O3. The van der Waals surface area contributed by atoms with Crippen molar-refractivity contribution in [3.63, 3.8) is 0 Å². The first-order chi connectivity index (χ1) is 12.7. The average molecular weight is 353 g/mol. The van der Waals surface area contributed by atoms with Gasteiger partial charge in [0.2, 0.25) is 6.79 Å². The number of rotatable bonds is 4. The summed E-state index contributed by atoms with van der Waals surface area (Å²) >= 11 is 0. The number of carbonyl (C=O) groups excluding carboxylic acids is 1. The molecule has 26 heavy (non-hydrogen) atoms. The number of nitrogens with one attached hydrogen (secondary N) is 2. The molecule has 6 heteroatoms. The number of ether oxygens (including phenoxy) is 2. The lowest BCUT2D eigenvalue weighted by Crippen LogP contribution is -2.44. The van der Waals surface area contributed by atoms with E-state index < -0.39 is 0 Å². The molecule has 2 N–H and O–H groups in total. The van der Waals surface area contributed by atoms with Crippen LogP contribution in [0, 0.1) is 0 Å². The second-order valence-corrected chi connectivity index (χ2v) is 6.72. The zero-order valence-electron chi connectivity index (χ0n) is 14.8. The third kappa shape index (κ3) is 3.54. The largest absolute Gasteiger partial charge is 0.454 e. The quantitative estimate of drug-likeness (QED) is 0.887. The smallest absolute Gasteiger partial charge is 0.315 e. The van der Waals surface area contributed by atoms with Crippen molar-refractivity contribution in [2.45, 2.75) is 25.4 Å². The maximum atomic E-state index is 12.4. The van der Waals surface area contributed by atoms with E-state index >= 15 is 0 Å². The predicted octanol–water partition coefficient (Wildman–Crippen LogP) is 3.05. The average Bonchev–Trinajstić information content (AvgIpc) is 3.30. The number of anilines is 1. The van der Waals surface area contributed by atoms with Crippen LogP contribution in [0.3, 0.4) is 0 Å². The van der Waals surface area contributed by atoms with Gasteiger partial charge in [-0.3, -0.25) is 0 Å². The number of nitrogens with zero attached hydrogens (tertiary/aromatic N) is 1. The van der Waals surface area contributed by atoms with Crippen LogP contribution in [0.15, 0.2) is 48.5 Å². The third-order valence-corrected chi connectivity index (χ3v) is 4.89. The van der Waals surface area contributed by atoms with E-state index in [9.17, 15) is 4.79 Å². The molecule has 4 rings (SSSR count). The van der Waals surface area contributed by atoms with Gasteiger partial charge in [-0.05, 0) is 43.2 Å². The highest BCUT2D eigenvalue weighted by atomic mass is 16.7. The van der Waals surface area contributed by atoms with Crippen LogP contribution in [0.1, 0.15) is 24.9 Å². The normalized spacial score (nSPS) is 19.3. The Labute approximate surface area is 153 Å². The summed E-state index contributed by atoms with van der Waals surface area (Å²) in [6.07, 6.45) is 0.945. The summed E-state index contributed by atoms with van der Waals surface area (Å²) in [6.45, 7) is 3.99. The number of hydrogen-bond acceptors (Lipinski definition) is 4. The van der Waals surface area contributed by atoms with Crippen LogP contribution in [0.5, 0.6) is 11.5 Å². The maximum Gasteiger partial charge on any atom is 0.315 e. The minimum Gasteiger partial charge on any atom is -0.454 e. The van der Waals surface area contributed by atoms with Gasteiger partial charge in [-0.15, -0.1) is 0 Å². The van der Waals surface area contributed by atoms with Gasteiger partial charge in [0.25, 0.3) is 0 Å². The molecule has 0 radical (unpaired) electrons. The molecule has 6 nitrogen and oxygen atoms in total. The van der Waals surface area contributed by atoms with E-state index in [4.69, 9.17) is 9.47 Å². The number of hydrogen-bond donors (Lipinski definition) is 2. The number of carbonyl (C=O) groups is 1. The Morgan fingerprint density at radius 2 is 1.96 bits per heavy atom. The molecule has 0 aliphatic carbocycles. The Bertz CT molecular complexity index is 781. The van der Waals surface area contributed by atoms with Crippen molar-refractivity contribution in [1.82, 2.24) is 10.6 Å². The van der Waals surface area contributed by atoms with Gasteiger partial charge in [-0.1, -0.05) is 24.3 Å². The predicted molar refractivity (Wildman–Crippen MR) is 99.7 cm³/mol. The van der Waals surface area contributed by atoms with E-state index in [0.29, 0.717) is 0 Å². The van der Waals surface area contributed by atoms with Crippen molar-refractivity contribution in [3.8, 4) is 11.5 Å². The van der Waals surface area contributed by atoms with E-state index in [-0.39, 0.29) is 24.9 Å². The van der Waals surface area contributed by atoms with Crippen LogP contribution >= 0.6 is 0 Å². The van der Waals surface area contributed by atoms with Crippen molar-refractivity contribution in [3.05, 3.63) is 54.1 Å². The van der Waals surface area contributed by atoms with Crippen molar-refractivity contribution in [2.24, 2.45) is 0 Å². The van der Waals surface area contributed by atoms with Gasteiger partial charge in [-0.25, -0.2) is 4.79 Å². The molecule has 1 fully saturated rings. The monoisotopic (exact) mass is 353 g/mol. The molecule has 2 aliphatic heterocycles. The molecule has 2 heterocycles. The first-order valence-electron chi connectivity index (χ1n) is 8.95. The molecule has 2 aromatic carbocycles. The Morgan fingerprint density at radius 3 is 2.81 bits per heavy atom. The molecule has 0 saturated carbocycles. The summed E-state index contributed by atoms with van der Waals surface area (Å²) in [5.41, 5.74) is 2.19. The van der Waals surface area contributed by atoms with Gasteiger partial charge < -0.3 is 25.0 Å². The van der Waals surface area contributed by atoms with Gasteiger partial charge >= 0.3 is 6.03 Å². The van der Waals surface area contributed by atoms with Crippen LogP contribution in [0.4, 0.5) is 10.5 Å². The fourth-order valence-electron chi connectivity index (χ4n) is 3.44. The van der Waals surface area contributed by atoms with Gasteiger partial charge in [0.05, 0.1) is 6.04 Å². The van der Waals surface area contributed by atoms with Gasteiger partial charge in [-0.2, -0.15) is 0 Å². The Morgan fingerprint density at radius 1 is 1.15 bits per heavy atom. The standard InChI is InChI=1S/C20H23N3O3/c1-14(15-7-8-18-19(11-15)26-13-25-18)21-20(24)22-16-9-10-23(12-16)17-5-3-2-4-6-17/h2-8,11,14,16H,9-10,12-13H2,1H3,(H2,21,22,24). The summed E-state index contributed by atoms with van der Waals surface area (Å²) in [7, 11) is 0. The van der Waals surface area contributed by atoms with Crippen molar-refractivity contribution in [2.75, 3.05) is 24.8 Å². The van der Waals surface area contributed by atoms with Crippen LogP contribution in [0.2, 0.25) is 0 Å². The molecule has 136 valence electrons. The SMILES string of the molecule is CC(NC(=O)NC1CCN(c2ccccc2)C1)c1ccc2c(c1)OCO2. The molecule has 0 aromatic heterocycles. The number of benzene rings is 2. The summed E-state index contributed by atoms with van der Waals surface area (Å²) in [5.74, 6) is 1.48. The zero-order chi connectivity index (χ0) is 17.9. The minimum atomic E-state index is -0.143. The number of fused-ring (bicyclic) bond motifs is 1. The van der Waals surface area contributed by atoms with Gasteiger partial charge in [0.15, 0.2) is 11.5 Å². The van der Waals surface area contributed by atoms with Crippen molar-refractivity contribution >= 4 is 11.7 Å². The second kappa shape index (κ2) is 7.15. The zero-order valence-corrected chi connectivity index (χ0v) is 14.8. The lowest BCUT2D eigenvalue weighted by atomic mass is 10.1. The summed E-state index contributed by atoms with van der Waals surface area (Å²) < 4.78 is 10.7. The topological polar surface area (TPSA) is 62.8 Å². The minimum absolute atomic E-state index is 0.115. The summed E-state index contributed by atoms with van der Waals surface area (Å²) in [4.78, 5) is 14.7. The molecule has 1 saturated heterocycles. The molecule has 0 bridgehead atoms.